The van der Waals surface area contributed by atoms with E-state index in [9.17, 15) is 0 Å². The van der Waals surface area contributed by atoms with Crippen molar-refractivity contribution in [1.29, 1.82) is 0 Å². The Labute approximate surface area is 123 Å². The Morgan fingerprint density at radius 2 is 1.95 bits per heavy atom. The molecule has 3 N–H and O–H groups in total. The van der Waals surface area contributed by atoms with Gasteiger partial charge in [0.15, 0.2) is 0 Å². The first-order valence-corrected chi connectivity index (χ1v) is 7.96. The summed E-state index contributed by atoms with van der Waals surface area (Å²) in [5.74, 6) is 5.88. The maximum absolute atomic E-state index is 5.88. The lowest BCUT2D eigenvalue weighted by atomic mass is 9.59. The van der Waals surface area contributed by atoms with Crippen LogP contribution < -0.4 is 11.3 Å². The van der Waals surface area contributed by atoms with Gasteiger partial charge in [-0.2, -0.15) is 0 Å². The highest BCUT2D eigenvalue weighted by Gasteiger charge is 2.44. The number of nitrogens with two attached hydrogens (primary N) is 1. The Hall–Kier alpha value is -1.12. The van der Waals surface area contributed by atoms with Crippen LogP contribution in [0.1, 0.15) is 56.9 Å². The average Bonchev–Trinajstić information content (AvgIpc) is 2.45. The summed E-state index contributed by atoms with van der Waals surface area (Å²) in [6.07, 6.45) is 11.9. The van der Waals surface area contributed by atoms with Crippen LogP contribution >= 0.6 is 0 Å². The molecule has 1 aromatic carbocycles. The number of unbranched alkanes of at least 4 members (excludes halogenated alkanes) is 3. The van der Waals surface area contributed by atoms with Crippen LogP contribution in [0.5, 0.6) is 0 Å². The zero-order valence-corrected chi connectivity index (χ0v) is 12.5. The molecule has 2 nitrogen and oxygen atoms in total. The van der Waals surface area contributed by atoms with Crippen molar-refractivity contribution < 1.29 is 0 Å². The summed E-state index contributed by atoms with van der Waals surface area (Å²) in [5, 5.41) is 0. The Balaban J connectivity index is 1.95. The summed E-state index contributed by atoms with van der Waals surface area (Å²) in [4.78, 5) is 0. The highest BCUT2D eigenvalue weighted by atomic mass is 15.2. The van der Waals surface area contributed by atoms with Gasteiger partial charge in [0.2, 0.25) is 0 Å². The number of rotatable bonds is 9. The van der Waals surface area contributed by atoms with Crippen LogP contribution in [0.2, 0.25) is 0 Å². The minimum atomic E-state index is 0.272. The zero-order valence-electron chi connectivity index (χ0n) is 12.5. The molecule has 1 unspecified atom stereocenters. The highest BCUT2D eigenvalue weighted by Crippen LogP contribution is 2.47. The van der Waals surface area contributed by atoms with E-state index in [2.05, 4.69) is 42.3 Å². The molecule has 1 aromatic rings. The van der Waals surface area contributed by atoms with Crippen molar-refractivity contribution in [2.45, 2.75) is 62.8 Å². The Bertz CT molecular complexity index is 395. The fourth-order valence-corrected chi connectivity index (χ4v) is 3.50. The summed E-state index contributed by atoms with van der Waals surface area (Å²) in [7, 11) is 0. The summed E-state index contributed by atoms with van der Waals surface area (Å²) < 4.78 is 0. The molecule has 20 heavy (non-hydrogen) atoms. The van der Waals surface area contributed by atoms with Crippen molar-refractivity contribution in [2.24, 2.45) is 5.84 Å². The molecule has 1 aliphatic carbocycles. The predicted octanol–water partition coefficient (Wildman–Crippen LogP) is 4.08. The van der Waals surface area contributed by atoms with Crippen LogP contribution in [-0.2, 0) is 5.41 Å². The molecule has 1 aliphatic rings. The van der Waals surface area contributed by atoms with Crippen molar-refractivity contribution in [2.75, 3.05) is 0 Å². The maximum atomic E-state index is 5.88. The first kappa shape index (κ1) is 15.3. The average molecular weight is 272 g/mol. The second-order valence-electron chi connectivity index (χ2n) is 6.02. The number of hydrogen-bond donors (Lipinski definition) is 2. The normalized spacial score (nSPS) is 18.2. The van der Waals surface area contributed by atoms with Gasteiger partial charge >= 0.3 is 0 Å². The molecule has 1 atom stereocenters. The van der Waals surface area contributed by atoms with Crippen LogP contribution in [0.3, 0.4) is 0 Å². The molecule has 110 valence electrons. The minimum Gasteiger partial charge on any atom is -0.271 e. The largest absolute Gasteiger partial charge is 0.271 e. The van der Waals surface area contributed by atoms with Gasteiger partial charge in [-0.05, 0) is 37.7 Å². The molecule has 0 spiro atoms. The molecule has 1 fully saturated rings. The number of hydrazine groups is 1. The van der Waals surface area contributed by atoms with Crippen LogP contribution in [0.25, 0.3) is 0 Å². The molecular weight excluding hydrogens is 244 g/mol. The lowest BCUT2D eigenvalue weighted by molar-refractivity contribution is 0.159. The fraction of sp³-hybridized carbons (Fsp3) is 0.556. The molecule has 0 aromatic heterocycles. The highest BCUT2D eigenvalue weighted by molar-refractivity contribution is 5.30. The molecule has 0 saturated heterocycles. The van der Waals surface area contributed by atoms with Crippen molar-refractivity contribution in [3.63, 3.8) is 0 Å². The Morgan fingerprint density at radius 3 is 2.50 bits per heavy atom. The Kier molecular flexibility index (Phi) is 5.81. The third kappa shape index (κ3) is 3.31. The maximum Gasteiger partial charge on any atom is 0.0307 e. The van der Waals surface area contributed by atoms with Gasteiger partial charge in [-0.3, -0.25) is 11.3 Å². The monoisotopic (exact) mass is 272 g/mol. The van der Waals surface area contributed by atoms with Crippen molar-refractivity contribution in [1.82, 2.24) is 5.43 Å². The molecule has 0 bridgehead atoms. The van der Waals surface area contributed by atoms with E-state index in [1.807, 2.05) is 6.08 Å². The molecule has 1 saturated carbocycles. The van der Waals surface area contributed by atoms with Crippen molar-refractivity contribution in [3.8, 4) is 0 Å². The first-order chi connectivity index (χ1) is 9.83. The molecule has 2 rings (SSSR count). The molecule has 0 radical (unpaired) electrons. The van der Waals surface area contributed by atoms with Crippen LogP contribution in [-0.4, -0.2) is 6.04 Å². The number of benzene rings is 1. The topological polar surface area (TPSA) is 38.0 Å². The van der Waals surface area contributed by atoms with Gasteiger partial charge in [0.25, 0.3) is 0 Å². The fourth-order valence-electron chi connectivity index (χ4n) is 3.50. The van der Waals surface area contributed by atoms with Crippen LogP contribution in [0, 0.1) is 0 Å². The number of allylic oxidation sites excluding steroid dienone is 1. The van der Waals surface area contributed by atoms with E-state index in [0.29, 0.717) is 6.04 Å². The van der Waals surface area contributed by atoms with E-state index >= 15 is 0 Å². The van der Waals surface area contributed by atoms with Crippen LogP contribution in [0.4, 0.5) is 0 Å². The molecule has 0 amide bonds. The molecular formula is C18H28N2. The molecule has 0 aliphatic heterocycles. The van der Waals surface area contributed by atoms with Gasteiger partial charge < -0.3 is 0 Å². The lowest BCUT2D eigenvalue weighted by Gasteiger charge is -2.48. The molecule has 2 heteroatoms. The van der Waals surface area contributed by atoms with Gasteiger partial charge in [0.1, 0.15) is 0 Å². The van der Waals surface area contributed by atoms with Gasteiger partial charge in [0, 0.05) is 11.5 Å². The lowest BCUT2D eigenvalue weighted by Crippen LogP contribution is -2.55. The van der Waals surface area contributed by atoms with E-state index in [-0.39, 0.29) is 5.41 Å². The number of nitrogens with one attached hydrogen (secondary N) is 1. The van der Waals surface area contributed by atoms with Crippen LogP contribution in [0.15, 0.2) is 43.0 Å². The second kappa shape index (κ2) is 7.61. The summed E-state index contributed by atoms with van der Waals surface area (Å²) in [6, 6.07) is 11.3. The van der Waals surface area contributed by atoms with Crippen molar-refractivity contribution >= 4 is 0 Å². The van der Waals surface area contributed by atoms with E-state index in [4.69, 9.17) is 5.84 Å². The van der Waals surface area contributed by atoms with E-state index in [1.165, 1.54) is 50.5 Å². The van der Waals surface area contributed by atoms with E-state index < -0.39 is 0 Å². The third-order valence-electron chi connectivity index (χ3n) is 4.86. The smallest absolute Gasteiger partial charge is 0.0307 e. The van der Waals surface area contributed by atoms with Gasteiger partial charge in [0.05, 0.1) is 0 Å². The zero-order chi connectivity index (χ0) is 14.3. The minimum absolute atomic E-state index is 0.272. The summed E-state index contributed by atoms with van der Waals surface area (Å²) in [5.41, 5.74) is 4.84. The molecule has 0 heterocycles. The number of hydrogen-bond acceptors (Lipinski definition) is 2. The van der Waals surface area contributed by atoms with Gasteiger partial charge in [-0.25, -0.2) is 0 Å². The van der Waals surface area contributed by atoms with Crippen molar-refractivity contribution in [3.05, 3.63) is 48.6 Å². The third-order valence-corrected chi connectivity index (χ3v) is 4.86. The SMILES string of the molecule is C=CCCCCCC(NN)C1(c2ccccc2)CCC1. The van der Waals surface area contributed by atoms with E-state index in [1.54, 1.807) is 0 Å². The van der Waals surface area contributed by atoms with Gasteiger partial charge in [-0.15, -0.1) is 6.58 Å². The predicted molar refractivity (Wildman–Crippen MR) is 86.4 cm³/mol. The van der Waals surface area contributed by atoms with Gasteiger partial charge in [-0.1, -0.05) is 55.7 Å². The standard InChI is InChI=1S/C18H28N2/c1-2-3-4-5-9-13-17(20-19)18(14-10-15-18)16-11-7-6-8-12-16/h2,6-8,11-12,17,20H,1,3-5,9-10,13-15,19H2. The summed E-state index contributed by atoms with van der Waals surface area (Å²) in [6.45, 7) is 3.78. The van der Waals surface area contributed by atoms with E-state index in [0.717, 1.165) is 6.42 Å². The Morgan fingerprint density at radius 1 is 1.20 bits per heavy atom. The second-order valence-corrected chi connectivity index (χ2v) is 6.02. The quantitative estimate of drug-likeness (QED) is 0.308. The first-order valence-electron chi connectivity index (χ1n) is 7.96. The summed E-state index contributed by atoms with van der Waals surface area (Å²) >= 11 is 0.